The smallest absolute Gasteiger partial charge is 0.408 e. The Morgan fingerprint density at radius 1 is 1.46 bits per heavy atom. The molecule has 10 heteroatoms. The number of nitrogens with zero attached hydrogens (tertiary/aromatic N) is 4. The Morgan fingerprint density at radius 3 is 2.92 bits per heavy atom. The van der Waals surface area contributed by atoms with Gasteiger partial charge < -0.3 is 14.1 Å². The van der Waals surface area contributed by atoms with Crippen molar-refractivity contribution >= 4 is 5.91 Å². The minimum Gasteiger partial charge on any atom is -0.469 e. The van der Waals surface area contributed by atoms with E-state index in [1.165, 1.54) is 11.2 Å². The second-order valence-corrected chi connectivity index (χ2v) is 5.40. The van der Waals surface area contributed by atoms with Crippen molar-refractivity contribution in [3.8, 4) is 0 Å². The lowest BCUT2D eigenvalue weighted by Gasteiger charge is -2.33. The molecular formula is C14H15F3N4O3. The summed E-state index contributed by atoms with van der Waals surface area (Å²) in [5.74, 6) is 0.302. The number of carbonyl (C=O) groups is 1. The van der Waals surface area contributed by atoms with Crippen LogP contribution < -0.4 is 0 Å². The van der Waals surface area contributed by atoms with Gasteiger partial charge >= 0.3 is 6.18 Å². The Bertz CT molecular complexity index is 725. The van der Waals surface area contributed by atoms with Crippen molar-refractivity contribution in [2.75, 3.05) is 19.8 Å². The first kappa shape index (κ1) is 16.5. The van der Waals surface area contributed by atoms with Gasteiger partial charge in [-0.25, -0.2) is 9.67 Å². The molecule has 7 nitrogen and oxygen atoms in total. The van der Waals surface area contributed by atoms with Gasteiger partial charge in [0.05, 0.1) is 25.0 Å². The first-order chi connectivity index (χ1) is 11.3. The largest absolute Gasteiger partial charge is 0.469 e. The van der Waals surface area contributed by atoms with Gasteiger partial charge in [-0.15, -0.1) is 0 Å². The van der Waals surface area contributed by atoms with Crippen LogP contribution in [0.15, 0.2) is 23.1 Å². The summed E-state index contributed by atoms with van der Waals surface area (Å²) in [5.41, 5.74) is 0.400. The van der Waals surface area contributed by atoms with Gasteiger partial charge in [0.15, 0.2) is 5.82 Å². The standard InChI is InChI=1S/C14H15F3N4O3/c1-9-10(2-4-24-9)13(22)21-3-5-23-6-11(21)12-18-8-20(19-12)7-14(15,16)17/h2,4,8,11H,3,5-7H2,1H3/t11-/m0/s1. The van der Waals surface area contributed by atoms with E-state index in [0.29, 0.717) is 29.2 Å². The van der Waals surface area contributed by atoms with Crippen LogP contribution in [-0.4, -0.2) is 51.5 Å². The van der Waals surface area contributed by atoms with Crippen LogP contribution in [0.25, 0.3) is 0 Å². The van der Waals surface area contributed by atoms with Gasteiger partial charge in [-0.05, 0) is 13.0 Å². The summed E-state index contributed by atoms with van der Waals surface area (Å²) in [6.07, 6.45) is -1.98. The van der Waals surface area contributed by atoms with E-state index in [0.717, 1.165) is 6.33 Å². The van der Waals surface area contributed by atoms with E-state index in [1.807, 2.05) is 0 Å². The molecule has 0 bridgehead atoms. The zero-order valence-electron chi connectivity index (χ0n) is 12.8. The molecule has 1 aliphatic heterocycles. The Balaban J connectivity index is 1.82. The number of furan rings is 1. The van der Waals surface area contributed by atoms with Crippen LogP contribution in [0, 0.1) is 6.92 Å². The van der Waals surface area contributed by atoms with Crippen molar-refractivity contribution < 1.29 is 27.1 Å². The molecule has 0 saturated carbocycles. The van der Waals surface area contributed by atoms with Gasteiger partial charge in [0, 0.05) is 6.54 Å². The predicted octanol–water partition coefficient (Wildman–Crippen LogP) is 1.96. The van der Waals surface area contributed by atoms with Crippen molar-refractivity contribution in [3.05, 3.63) is 35.8 Å². The lowest BCUT2D eigenvalue weighted by Crippen LogP contribution is -2.44. The summed E-state index contributed by atoms with van der Waals surface area (Å²) in [7, 11) is 0. The number of carbonyl (C=O) groups excluding carboxylic acids is 1. The molecule has 0 aromatic carbocycles. The van der Waals surface area contributed by atoms with E-state index in [1.54, 1.807) is 13.0 Å². The highest BCUT2D eigenvalue weighted by Gasteiger charge is 2.34. The maximum Gasteiger partial charge on any atom is 0.408 e. The molecule has 1 saturated heterocycles. The van der Waals surface area contributed by atoms with Gasteiger partial charge in [0.2, 0.25) is 0 Å². The Morgan fingerprint density at radius 2 is 2.25 bits per heavy atom. The third-order valence-electron chi connectivity index (χ3n) is 3.67. The first-order valence-electron chi connectivity index (χ1n) is 7.24. The van der Waals surface area contributed by atoms with Crippen LogP contribution >= 0.6 is 0 Å². The van der Waals surface area contributed by atoms with Crippen LogP contribution in [0.5, 0.6) is 0 Å². The molecule has 0 N–H and O–H groups in total. The van der Waals surface area contributed by atoms with Crippen molar-refractivity contribution in [1.82, 2.24) is 19.7 Å². The third-order valence-corrected chi connectivity index (χ3v) is 3.67. The molecule has 0 spiro atoms. The van der Waals surface area contributed by atoms with Gasteiger partial charge in [0.25, 0.3) is 5.91 Å². The van der Waals surface area contributed by atoms with E-state index < -0.39 is 18.8 Å². The van der Waals surface area contributed by atoms with Gasteiger partial charge in [-0.2, -0.15) is 18.3 Å². The fourth-order valence-corrected chi connectivity index (χ4v) is 2.54. The summed E-state index contributed by atoms with van der Waals surface area (Å²) in [5, 5.41) is 3.84. The predicted molar refractivity (Wildman–Crippen MR) is 74.1 cm³/mol. The maximum atomic E-state index is 12.7. The summed E-state index contributed by atoms with van der Waals surface area (Å²) in [6, 6.07) is 0.912. The number of hydrogen-bond acceptors (Lipinski definition) is 5. The number of amides is 1. The molecule has 0 radical (unpaired) electrons. The number of morpholine rings is 1. The summed E-state index contributed by atoms with van der Waals surface area (Å²) < 4.78 is 48.5. The van der Waals surface area contributed by atoms with Crippen LogP contribution in [0.1, 0.15) is 28.0 Å². The normalized spacial score (nSPS) is 18.8. The van der Waals surface area contributed by atoms with Crippen LogP contribution in [0.4, 0.5) is 13.2 Å². The van der Waals surface area contributed by atoms with Gasteiger partial charge in [-0.1, -0.05) is 0 Å². The van der Waals surface area contributed by atoms with E-state index >= 15 is 0 Å². The first-order valence-corrected chi connectivity index (χ1v) is 7.24. The second-order valence-electron chi connectivity index (χ2n) is 5.40. The van der Waals surface area contributed by atoms with E-state index in [-0.39, 0.29) is 18.3 Å². The summed E-state index contributed by atoms with van der Waals surface area (Å²) in [6.45, 7) is 1.18. The van der Waals surface area contributed by atoms with Crippen molar-refractivity contribution in [1.29, 1.82) is 0 Å². The van der Waals surface area contributed by atoms with Gasteiger partial charge in [0.1, 0.15) is 24.7 Å². The highest BCUT2D eigenvalue weighted by molar-refractivity contribution is 5.95. The Hall–Kier alpha value is -2.36. The van der Waals surface area contributed by atoms with Crippen molar-refractivity contribution in [3.63, 3.8) is 0 Å². The lowest BCUT2D eigenvalue weighted by molar-refractivity contribution is -0.142. The average Bonchev–Trinajstić information content (AvgIpc) is 3.14. The Kier molecular flexibility index (Phi) is 4.31. The number of aryl methyl sites for hydroxylation is 1. The molecule has 1 fully saturated rings. The molecule has 2 aromatic rings. The molecule has 3 rings (SSSR count). The average molecular weight is 344 g/mol. The zero-order valence-corrected chi connectivity index (χ0v) is 12.8. The second kappa shape index (κ2) is 6.27. The van der Waals surface area contributed by atoms with Crippen LogP contribution in [0.2, 0.25) is 0 Å². The molecule has 1 atom stereocenters. The number of aromatic nitrogens is 3. The van der Waals surface area contributed by atoms with Crippen molar-refractivity contribution in [2.24, 2.45) is 0 Å². The lowest BCUT2D eigenvalue weighted by atomic mass is 10.1. The molecular weight excluding hydrogens is 329 g/mol. The Labute approximate surface area is 135 Å². The monoisotopic (exact) mass is 344 g/mol. The van der Waals surface area contributed by atoms with Crippen LogP contribution in [0.3, 0.4) is 0 Å². The molecule has 1 amide bonds. The summed E-state index contributed by atoms with van der Waals surface area (Å²) >= 11 is 0. The zero-order chi connectivity index (χ0) is 17.3. The number of halogens is 3. The van der Waals surface area contributed by atoms with E-state index in [9.17, 15) is 18.0 Å². The number of ether oxygens (including phenoxy) is 1. The summed E-state index contributed by atoms with van der Waals surface area (Å²) in [4.78, 5) is 18.1. The van der Waals surface area contributed by atoms with Crippen LogP contribution in [-0.2, 0) is 11.3 Å². The fourth-order valence-electron chi connectivity index (χ4n) is 2.54. The topological polar surface area (TPSA) is 73.4 Å². The molecule has 24 heavy (non-hydrogen) atoms. The van der Waals surface area contributed by atoms with E-state index in [2.05, 4.69) is 10.1 Å². The molecule has 2 aromatic heterocycles. The molecule has 0 unspecified atom stereocenters. The quantitative estimate of drug-likeness (QED) is 0.851. The SMILES string of the molecule is Cc1occc1C(=O)N1CCOC[C@H]1c1ncn(CC(F)(F)F)n1. The van der Waals surface area contributed by atoms with Gasteiger partial charge in [-0.3, -0.25) is 4.79 Å². The molecule has 0 aliphatic carbocycles. The molecule has 1 aliphatic rings. The maximum absolute atomic E-state index is 12.7. The van der Waals surface area contributed by atoms with E-state index in [4.69, 9.17) is 9.15 Å². The minimum atomic E-state index is -4.39. The molecule has 3 heterocycles. The number of rotatable bonds is 3. The molecule has 130 valence electrons. The fraction of sp³-hybridized carbons (Fsp3) is 0.500. The number of alkyl halides is 3. The highest BCUT2D eigenvalue weighted by Crippen LogP contribution is 2.25. The highest BCUT2D eigenvalue weighted by atomic mass is 19.4. The minimum absolute atomic E-state index is 0.119. The number of hydrogen-bond donors (Lipinski definition) is 0. The third kappa shape index (κ3) is 3.42. The van der Waals surface area contributed by atoms with Crippen molar-refractivity contribution in [2.45, 2.75) is 25.7 Å².